The molecule has 0 fully saturated rings. The van der Waals surface area contributed by atoms with Gasteiger partial charge in [-0.1, -0.05) is 66.7 Å². The molecule has 3 aromatic carbocycles. The number of fused-ring (bicyclic) bond motifs is 1. The third-order valence-electron chi connectivity index (χ3n) is 6.38. The largest absolute Gasteiger partial charge is 1.00 e. The van der Waals surface area contributed by atoms with Gasteiger partial charge in [0.25, 0.3) is 0 Å². The number of amides is 2. The number of aryl methyl sites for hydroxylation is 1. The van der Waals surface area contributed by atoms with Gasteiger partial charge in [0, 0.05) is 19.2 Å². The van der Waals surface area contributed by atoms with Crippen LogP contribution in [0.5, 0.6) is 0 Å². The van der Waals surface area contributed by atoms with Crippen LogP contribution < -0.4 is 45.5 Å². The standard InChI is InChI=1S/C31H32N4O4.Na.H/c1-21-15-17-33-28(18-21)32-16-5-10-29(36)34-20-30(37)35-27(19-31(38)39)24-13-11-23(12-14-24)26-9-4-7-22-6-2-3-8-25(22)26;;/h2-4,6-9,11-15,17-18,27H,5,10,16,19-20H2,1H3,(H,32,33)(H,34,36)(H,35,37)(H,38,39);;/q;+1;-1. The Hall–Kier alpha value is -3.72. The number of nitrogens with one attached hydrogen (secondary N) is 3. The Balaban J connectivity index is 0.00000294. The van der Waals surface area contributed by atoms with E-state index in [2.05, 4.69) is 39.1 Å². The van der Waals surface area contributed by atoms with Crippen LogP contribution >= 0.6 is 0 Å². The van der Waals surface area contributed by atoms with Crippen molar-refractivity contribution in [3.63, 3.8) is 0 Å². The number of nitrogens with zero attached hydrogens (tertiary/aromatic N) is 1. The summed E-state index contributed by atoms with van der Waals surface area (Å²) >= 11 is 0. The van der Waals surface area contributed by atoms with Crippen LogP contribution in [0.1, 0.15) is 37.9 Å². The predicted molar refractivity (Wildman–Crippen MR) is 153 cm³/mol. The number of rotatable bonds is 12. The van der Waals surface area contributed by atoms with Crippen LogP contribution in [0.3, 0.4) is 0 Å². The molecule has 9 heteroatoms. The van der Waals surface area contributed by atoms with Crippen molar-refractivity contribution in [1.82, 2.24) is 15.6 Å². The molecule has 0 aliphatic carbocycles. The molecular weight excluding hydrogens is 515 g/mol. The van der Waals surface area contributed by atoms with E-state index in [9.17, 15) is 19.5 Å². The number of hydrogen-bond acceptors (Lipinski definition) is 5. The third kappa shape index (κ3) is 8.91. The van der Waals surface area contributed by atoms with Gasteiger partial charge in [0.15, 0.2) is 0 Å². The van der Waals surface area contributed by atoms with Crippen molar-refractivity contribution in [3.8, 4) is 11.1 Å². The van der Waals surface area contributed by atoms with Crippen LogP contribution in [0.4, 0.5) is 5.82 Å². The number of hydrogen-bond donors (Lipinski definition) is 4. The molecule has 4 N–H and O–H groups in total. The molecule has 0 saturated carbocycles. The Bertz CT molecular complexity index is 1460. The first-order chi connectivity index (χ1) is 18.9. The Morgan fingerprint density at radius 1 is 0.950 bits per heavy atom. The van der Waals surface area contributed by atoms with Gasteiger partial charge in [-0.2, -0.15) is 0 Å². The number of pyridine rings is 1. The van der Waals surface area contributed by atoms with Gasteiger partial charge in [-0.15, -0.1) is 0 Å². The number of anilines is 1. The molecule has 0 aliphatic rings. The van der Waals surface area contributed by atoms with Crippen LogP contribution in [0.2, 0.25) is 0 Å². The Labute approximate surface area is 257 Å². The molecule has 0 radical (unpaired) electrons. The minimum absolute atomic E-state index is 0. The molecule has 1 aromatic heterocycles. The quantitative estimate of drug-likeness (QED) is 0.159. The number of aliphatic carboxylic acids is 1. The van der Waals surface area contributed by atoms with Crippen molar-refractivity contribution in [2.24, 2.45) is 0 Å². The molecule has 4 rings (SSSR count). The summed E-state index contributed by atoms with van der Waals surface area (Å²) in [6.45, 7) is 2.33. The van der Waals surface area contributed by atoms with Crippen molar-refractivity contribution in [1.29, 1.82) is 0 Å². The first kappa shape index (κ1) is 30.8. The molecule has 8 nitrogen and oxygen atoms in total. The van der Waals surface area contributed by atoms with Gasteiger partial charge in [0.05, 0.1) is 19.0 Å². The molecule has 1 heterocycles. The molecule has 0 spiro atoms. The summed E-state index contributed by atoms with van der Waals surface area (Å²) in [6.07, 6.45) is 2.28. The van der Waals surface area contributed by atoms with Crippen molar-refractivity contribution in [2.75, 3.05) is 18.4 Å². The second kappa shape index (κ2) is 15.2. The summed E-state index contributed by atoms with van der Waals surface area (Å²) in [5.74, 6) is -0.976. The first-order valence-corrected chi connectivity index (χ1v) is 12.9. The molecule has 0 bridgehead atoms. The van der Waals surface area contributed by atoms with Crippen molar-refractivity contribution < 1.29 is 50.5 Å². The van der Waals surface area contributed by atoms with Gasteiger partial charge < -0.3 is 22.5 Å². The third-order valence-corrected chi connectivity index (χ3v) is 6.38. The minimum atomic E-state index is -1.03. The van der Waals surface area contributed by atoms with Gasteiger partial charge in [-0.3, -0.25) is 14.4 Å². The summed E-state index contributed by atoms with van der Waals surface area (Å²) in [5.41, 5.74) is 3.84. The topological polar surface area (TPSA) is 120 Å². The molecule has 2 amide bonds. The van der Waals surface area contributed by atoms with Crippen LogP contribution in [-0.2, 0) is 14.4 Å². The van der Waals surface area contributed by atoms with E-state index in [1.807, 2.05) is 67.6 Å². The maximum absolute atomic E-state index is 12.6. The maximum Gasteiger partial charge on any atom is 1.00 e. The summed E-state index contributed by atoms with van der Waals surface area (Å²) < 4.78 is 0. The fourth-order valence-corrected chi connectivity index (χ4v) is 4.41. The molecule has 1 atom stereocenters. The summed E-state index contributed by atoms with van der Waals surface area (Å²) in [4.78, 5) is 40.5. The Morgan fingerprint density at radius 3 is 2.45 bits per heavy atom. The van der Waals surface area contributed by atoms with Crippen molar-refractivity contribution >= 4 is 34.4 Å². The van der Waals surface area contributed by atoms with Crippen LogP contribution in [0, 0.1) is 6.92 Å². The average molecular weight is 549 g/mol. The Morgan fingerprint density at radius 2 is 1.70 bits per heavy atom. The van der Waals surface area contributed by atoms with E-state index in [1.165, 1.54) is 0 Å². The number of carboxylic acid groups (broad SMARTS) is 1. The number of benzene rings is 3. The molecule has 40 heavy (non-hydrogen) atoms. The van der Waals surface area contributed by atoms with Crippen molar-refractivity contribution in [3.05, 3.63) is 96.2 Å². The van der Waals surface area contributed by atoms with E-state index < -0.39 is 17.9 Å². The Kier molecular flexibility index (Phi) is 11.7. The zero-order chi connectivity index (χ0) is 27.6. The van der Waals surface area contributed by atoms with E-state index in [4.69, 9.17) is 0 Å². The fraction of sp³-hybridized carbons (Fsp3) is 0.226. The molecular formula is C31H33N4NaO4. The maximum atomic E-state index is 12.6. The fourth-order valence-electron chi connectivity index (χ4n) is 4.41. The van der Waals surface area contributed by atoms with Crippen LogP contribution in [-0.4, -0.2) is 41.0 Å². The van der Waals surface area contributed by atoms with Gasteiger partial charge in [0.2, 0.25) is 11.8 Å². The molecule has 0 saturated heterocycles. The normalized spacial score (nSPS) is 11.2. The molecule has 0 aliphatic heterocycles. The van der Waals surface area contributed by atoms with Gasteiger partial charge in [-0.25, -0.2) is 4.98 Å². The molecule has 1 unspecified atom stereocenters. The number of carbonyl (C=O) groups excluding carboxylic acids is 2. The number of aromatic nitrogens is 1. The van der Waals surface area contributed by atoms with E-state index >= 15 is 0 Å². The second-order valence-corrected chi connectivity index (χ2v) is 9.39. The van der Waals surface area contributed by atoms with Gasteiger partial charge in [0.1, 0.15) is 5.82 Å². The molecule has 4 aromatic rings. The van der Waals surface area contributed by atoms with E-state index in [1.54, 1.807) is 6.20 Å². The number of carboxylic acids is 1. The SMILES string of the molecule is Cc1ccnc(NCCCC(=O)NCC(=O)NC(CC(=O)O)c2ccc(-c3cccc4ccccc34)cc2)c1.[H-].[Na+]. The smallest absolute Gasteiger partial charge is 1.00 e. The summed E-state index contributed by atoms with van der Waals surface area (Å²) in [6, 6.07) is 24.9. The summed E-state index contributed by atoms with van der Waals surface area (Å²) in [5, 5.41) is 20.2. The monoisotopic (exact) mass is 548 g/mol. The zero-order valence-corrected chi connectivity index (χ0v) is 24.8. The zero-order valence-electron chi connectivity index (χ0n) is 23.8. The predicted octanol–water partition coefficient (Wildman–Crippen LogP) is 1.97. The van der Waals surface area contributed by atoms with Crippen LogP contribution in [0.15, 0.2) is 85.1 Å². The van der Waals surface area contributed by atoms with E-state index in [0.717, 1.165) is 33.3 Å². The molecule has 202 valence electrons. The number of carbonyl (C=O) groups is 3. The van der Waals surface area contributed by atoms with Crippen LogP contribution in [0.25, 0.3) is 21.9 Å². The van der Waals surface area contributed by atoms with E-state index in [-0.39, 0.29) is 56.3 Å². The minimum Gasteiger partial charge on any atom is -1.00 e. The first-order valence-electron chi connectivity index (χ1n) is 12.9. The second-order valence-electron chi connectivity index (χ2n) is 9.39. The average Bonchev–Trinajstić information content (AvgIpc) is 2.93. The van der Waals surface area contributed by atoms with E-state index in [0.29, 0.717) is 18.5 Å². The van der Waals surface area contributed by atoms with Gasteiger partial charge in [-0.05, 0) is 58.5 Å². The van der Waals surface area contributed by atoms with Crippen molar-refractivity contribution in [2.45, 2.75) is 32.2 Å². The summed E-state index contributed by atoms with van der Waals surface area (Å²) in [7, 11) is 0. The van der Waals surface area contributed by atoms with Gasteiger partial charge >= 0.3 is 35.5 Å².